The molecule has 0 fully saturated rings. The van der Waals surface area contributed by atoms with E-state index in [9.17, 15) is 19.0 Å². The quantitative estimate of drug-likeness (QED) is 0.0195. The largest absolute Gasteiger partial charge is 0.756 e. The lowest BCUT2D eigenvalue weighted by atomic mass is 10.1. The maximum atomic E-state index is 12.8. The van der Waals surface area contributed by atoms with Gasteiger partial charge in [-0.15, -0.1) is 0 Å². The van der Waals surface area contributed by atoms with Gasteiger partial charge in [0.1, 0.15) is 19.8 Å². The molecule has 0 saturated heterocycles. The highest BCUT2D eigenvalue weighted by Crippen LogP contribution is 2.38. The van der Waals surface area contributed by atoms with E-state index in [1.165, 1.54) is 0 Å². The van der Waals surface area contributed by atoms with Gasteiger partial charge < -0.3 is 27.9 Å². The molecule has 2 atom stereocenters. The fraction of sp³-hybridized carbons (Fsp3) is 0.545. The van der Waals surface area contributed by atoms with Crippen molar-refractivity contribution in [3.05, 3.63) is 170 Å². The summed E-state index contributed by atoms with van der Waals surface area (Å²) in [6, 6.07) is 0. The number of allylic oxidation sites excluding steroid dienone is 28. The number of ether oxygens (including phenoxy) is 2. The molecule has 0 aromatic heterocycles. The number of unbranched alkanes of at least 4 members (excludes halogenated alkanes) is 8. The predicted molar refractivity (Wildman–Crippen MR) is 323 cm³/mol. The van der Waals surface area contributed by atoms with Crippen LogP contribution in [-0.4, -0.2) is 70.0 Å². The fourth-order valence-electron chi connectivity index (χ4n) is 6.85. The lowest BCUT2D eigenvalue weighted by Crippen LogP contribution is -2.37. The lowest BCUT2D eigenvalue weighted by Gasteiger charge is -2.28. The Morgan fingerprint density at radius 3 is 1.07 bits per heavy atom. The molecule has 0 rings (SSSR count). The van der Waals surface area contributed by atoms with Crippen molar-refractivity contribution in [3.63, 3.8) is 0 Å². The van der Waals surface area contributed by atoms with Crippen molar-refractivity contribution in [2.75, 3.05) is 47.5 Å². The number of quaternary nitrogens is 1. The molecule has 0 aliphatic heterocycles. The molecule has 0 saturated carbocycles. The summed E-state index contributed by atoms with van der Waals surface area (Å²) in [5.41, 5.74) is 0. The molecule has 10 heteroatoms. The molecule has 0 aromatic carbocycles. The van der Waals surface area contributed by atoms with Gasteiger partial charge in [-0.2, -0.15) is 0 Å². The fourth-order valence-corrected chi connectivity index (χ4v) is 7.58. The summed E-state index contributed by atoms with van der Waals surface area (Å²) in [6.45, 7) is 3.91. The lowest BCUT2D eigenvalue weighted by molar-refractivity contribution is -0.870. The van der Waals surface area contributed by atoms with E-state index in [-0.39, 0.29) is 26.1 Å². The maximum Gasteiger partial charge on any atom is 0.306 e. The summed E-state index contributed by atoms with van der Waals surface area (Å²) in [4.78, 5) is 37.9. The molecular formula is C66H104NO8P. The Bertz CT molecular complexity index is 1880. The summed E-state index contributed by atoms with van der Waals surface area (Å²) in [5.74, 6) is -0.912. The first kappa shape index (κ1) is 71.4. The van der Waals surface area contributed by atoms with Crippen molar-refractivity contribution in [3.8, 4) is 0 Å². The number of esters is 2. The Balaban J connectivity index is 4.36. The van der Waals surface area contributed by atoms with Gasteiger partial charge in [-0.05, 0) is 128 Å². The maximum absolute atomic E-state index is 12.8. The van der Waals surface area contributed by atoms with Gasteiger partial charge in [-0.3, -0.25) is 14.2 Å². The second-order valence-electron chi connectivity index (χ2n) is 19.5. The third-order valence-corrected chi connectivity index (χ3v) is 12.2. The highest BCUT2D eigenvalue weighted by atomic mass is 31.2. The minimum Gasteiger partial charge on any atom is -0.756 e. The van der Waals surface area contributed by atoms with Crippen LogP contribution < -0.4 is 4.89 Å². The summed E-state index contributed by atoms with van der Waals surface area (Å²) < 4.78 is 34.1. The Labute approximate surface area is 464 Å². The average Bonchev–Trinajstić information content (AvgIpc) is 3.38. The van der Waals surface area contributed by atoms with Gasteiger partial charge in [0.2, 0.25) is 0 Å². The number of rotatable bonds is 50. The molecule has 0 aromatic rings. The smallest absolute Gasteiger partial charge is 0.306 e. The molecule has 2 unspecified atom stereocenters. The van der Waals surface area contributed by atoms with Gasteiger partial charge in [-0.1, -0.05) is 210 Å². The number of carbonyl (C=O) groups is 2. The van der Waals surface area contributed by atoms with Crippen molar-refractivity contribution >= 4 is 19.8 Å². The van der Waals surface area contributed by atoms with E-state index in [2.05, 4.69) is 184 Å². The van der Waals surface area contributed by atoms with Crippen molar-refractivity contribution in [2.45, 2.75) is 187 Å². The first-order valence-electron chi connectivity index (χ1n) is 28.8. The van der Waals surface area contributed by atoms with E-state index < -0.39 is 32.5 Å². The van der Waals surface area contributed by atoms with Crippen LogP contribution in [-0.2, 0) is 32.7 Å². The molecule has 426 valence electrons. The van der Waals surface area contributed by atoms with E-state index in [4.69, 9.17) is 18.5 Å². The van der Waals surface area contributed by atoms with Crippen LogP contribution >= 0.6 is 7.82 Å². The average molecular weight is 1070 g/mol. The van der Waals surface area contributed by atoms with E-state index in [0.717, 1.165) is 141 Å². The minimum atomic E-state index is -4.67. The molecule has 0 aliphatic rings. The van der Waals surface area contributed by atoms with Crippen LogP contribution in [0.2, 0.25) is 0 Å². The van der Waals surface area contributed by atoms with Crippen LogP contribution in [0.25, 0.3) is 0 Å². The molecule has 0 heterocycles. The number of hydrogen-bond donors (Lipinski definition) is 0. The van der Waals surface area contributed by atoms with Gasteiger partial charge in [-0.25, -0.2) is 0 Å². The van der Waals surface area contributed by atoms with Crippen LogP contribution in [0.3, 0.4) is 0 Å². The molecule has 76 heavy (non-hydrogen) atoms. The monoisotopic (exact) mass is 1070 g/mol. The normalized spacial score (nSPS) is 14.6. The van der Waals surface area contributed by atoms with Gasteiger partial charge in [0.25, 0.3) is 7.82 Å². The van der Waals surface area contributed by atoms with Crippen LogP contribution in [0.5, 0.6) is 0 Å². The number of nitrogens with zero attached hydrogens (tertiary/aromatic N) is 1. The highest BCUT2D eigenvalue weighted by molar-refractivity contribution is 7.45. The number of phosphoric ester groups is 1. The van der Waals surface area contributed by atoms with Gasteiger partial charge >= 0.3 is 11.9 Å². The summed E-state index contributed by atoms with van der Waals surface area (Å²) in [5, 5.41) is 0. The third-order valence-electron chi connectivity index (χ3n) is 11.2. The standard InChI is InChI=1S/C66H104NO8P/c1-6-8-10-12-14-16-18-20-22-24-26-28-30-32-33-35-37-39-41-43-45-47-49-51-53-55-57-59-66(69)75-64(63-74-76(70,71)73-61-60-67(3,4)5)62-72-65(68)58-56-54-52-50-48-46-44-42-40-38-36-34-31-29-27-25-23-21-19-17-15-13-11-9-7-2/h8-11,14-17,20-23,26-29,32-34,36-37,39-40,42-43,45-46,48,64H,6-7,12-13,18-19,24-25,30-31,35,38,41,44,47,49-63H2,1-5H3/b10-8-,11-9-,16-14-,17-15-,22-20-,23-21-,28-26-,29-27-,33-32-,36-34-,39-37-,42-40-,45-43-,48-46-. The first-order valence-corrected chi connectivity index (χ1v) is 30.3. The Kier molecular flexibility index (Phi) is 51.8. The minimum absolute atomic E-state index is 0.0520. The van der Waals surface area contributed by atoms with Gasteiger partial charge in [0, 0.05) is 12.8 Å². The topological polar surface area (TPSA) is 111 Å². The van der Waals surface area contributed by atoms with Crippen LogP contribution in [0.4, 0.5) is 0 Å². The molecule has 0 amide bonds. The molecular weight excluding hydrogens is 966 g/mol. The number of hydrogen-bond acceptors (Lipinski definition) is 8. The number of carbonyl (C=O) groups excluding carboxylic acids is 2. The van der Waals surface area contributed by atoms with E-state index in [1.807, 2.05) is 21.1 Å². The second-order valence-corrected chi connectivity index (χ2v) is 20.9. The Hall–Kier alpha value is -4.63. The molecule has 0 bridgehead atoms. The zero-order valence-electron chi connectivity index (χ0n) is 48.1. The Morgan fingerprint density at radius 2 is 0.711 bits per heavy atom. The van der Waals surface area contributed by atoms with Crippen LogP contribution in [0.1, 0.15) is 181 Å². The van der Waals surface area contributed by atoms with Crippen molar-refractivity contribution < 1.29 is 42.1 Å². The SMILES string of the molecule is CC/C=C\C/C=C\C/C=C\C/C=C\C/C=C\C/C=C\C/C=C\CCCCCCCC(=O)OC(COC(=O)CCCCC/C=C\C/C=C\C/C=C\C/C=C\C/C=C\C/C=C\C/C=C\CC)COP(=O)([O-])OCC[N+](C)(C)C. The summed E-state index contributed by atoms with van der Waals surface area (Å²) >= 11 is 0. The first-order chi connectivity index (χ1) is 37.0. The van der Waals surface area contributed by atoms with Gasteiger partial charge in [0.05, 0.1) is 27.7 Å². The van der Waals surface area contributed by atoms with E-state index >= 15 is 0 Å². The summed E-state index contributed by atoms with van der Waals surface area (Å²) in [6.07, 6.45) is 83.9. The van der Waals surface area contributed by atoms with Crippen LogP contribution in [0, 0.1) is 0 Å². The second kappa shape index (κ2) is 55.1. The van der Waals surface area contributed by atoms with Crippen molar-refractivity contribution in [2.24, 2.45) is 0 Å². The molecule has 0 spiro atoms. The highest BCUT2D eigenvalue weighted by Gasteiger charge is 2.21. The summed E-state index contributed by atoms with van der Waals surface area (Å²) in [7, 11) is 1.10. The van der Waals surface area contributed by atoms with E-state index in [1.54, 1.807) is 0 Å². The molecule has 0 radical (unpaired) electrons. The molecule has 9 nitrogen and oxygen atoms in total. The third kappa shape index (κ3) is 58.6. The zero-order valence-corrected chi connectivity index (χ0v) is 49.0. The van der Waals surface area contributed by atoms with E-state index in [0.29, 0.717) is 23.9 Å². The van der Waals surface area contributed by atoms with Crippen LogP contribution in [0.15, 0.2) is 170 Å². The Morgan fingerprint density at radius 1 is 0.408 bits per heavy atom. The number of likely N-dealkylation sites (N-methyl/N-ethyl adjacent to an activating group) is 1. The zero-order chi connectivity index (χ0) is 55.6. The molecule has 0 aliphatic carbocycles. The predicted octanol–water partition coefficient (Wildman–Crippen LogP) is 17.6. The number of phosphoric acid groups is 1. The van der Waals surface area contributed by atoms with Gasteiger partial charge in [0.15, 0.2) is 6.10 Å². The van der Waals surface area contributed by atoms with Crippen molar-refractivity contribution in [1.82, 2.24) is 0 Å². The van der Waals surface area contributed by atoms with Crippen molar-refractivity contribution in [1.29, 1.82) is 0 Å². The molecule has 0 N–H and O–H groups in total.